The van der Waals surface area contributed by atoms with Gasteiger partial charge in [-0.15, -0.1) is 0 Å². The zero-order valence-electron chi connectivity index (χ0n) is 13.5. The second-order valence-corrected chi connectivity index (χ2v) is 7.18. The molecule has 0 aromatic heterocycles. The minimum Gasteiger partial charge on any atom is -0.327 e. The molecular weight excluding hydrogens is 317 g/mol. The van der Waals surface area contributed by atoms with Crippen LogP contribution in [0.4, 0.5) is 18.9 Å². The van der Waals surface area contributed by atoms with Crippen molar-refractivity contribution in [3.8, 4) is 0 Å². The Balaban J connectivity index is 1.64. The molecule has 0 aliphatic heterocycles. The molecule has 3 nitrogen and oxygen atoms in total. The van der Waals surface area contributed by atoms with Crippen LogP contribution in [0.3, 0.4) is 0 Å². The summed E-state index contributed by atoms with van der Waals surface area (Å²) in [5.74, 6) is 0.601. The lowest BCUT2D eigenvalue weighted by atomic mass is 9.65. The van der Waals surface area contributed by atoms with Gasteiger partial charge < -0.3 is 11.1 Å². The van der Waals surface area contributed by atoms with E-state index in [1.54, 1.807) is 12.1 Å². The van der Waals surface area contributed by atoms with E-state index in [0.717, 1.165) is 25.7 Å². The maximum absolute atomic E-state index is 12.5. The second kappa shape index (κ2) is 6.75. The minimum atomic E-state index is -4.25. The molecule has 2 unspecified atom stereocenters. The van der Waals surface area contributed by atoms with Crippen LogP contribution < -0.4 is 11.1 Å². The van der Waals surface area contributed by atoms with Crippen molar-refractivity contribution in [1.82, 2.24) is 0 Å². The van der Waals surface area contributed by atoms with Crippen LogP contribution in [0.1, 0.15) is 37.7 Å². The van der Waals surface area contributed by atoms with Crippen molar-refractivity contribution < 1.29 is 18.0 Å². The van der Waals surface area contributed by atoms with Gasteiger partial charge in [-0.2, -0.15) is 13.2 Å². The molecule has 3 N–H and O–H groups in total. The number of benzene rings is 1. The lowest BCUT2D eigenvalue weighted by molar-refractivity contribution is -0.127. The second-order valence-electron chi connectivity index (χ2n) is 7.18. The summed E-state index contributed by atoms with van der Waals surface area (Å²) in [5, 5.41) is 2.79. The van der Waals surface area contributed by atoms with E-state index in [1.807, 2.05) is 0 Å². The number of carbonyl (C=O) groups is 1. The van der Waals surface area contributed by atoms with Crippen LogP contribution in [0.2, 0.25) is 0 Å². The van der Waals surface area contributed by atoms with E-state index in [0.29, 0.717) is 17.5 Å². The molecule has 0 heterocycles. The molecule has 0 saturated heterocycles. The molecule has 1 amide bonds. The van der Waals surface area contributed by atoms with E-state index in [9.17, 15) is 18.0 Å². The number of alkyl halides is 3. The molecule has 2 bridgehead atoms. The van der Waals surface area contributed by atoms with Gasteiger partial charge in [0, 0.05) is 17.6 Å². The quantitative estimate of drug-likeness (QED) is 0.877. The zero-order valence-corrected chi connectivity index (χ0v) is 13.5. The topological polar surface area (TPSA) is 55.1 Å². The number of halogens is 3. The minimum absolute atomic E-state index is 0.0913. The van der Waals surface area contributed by atoms with Gasteiger partial charge in [-0.05, 0) is 55.2 Å². The number of hydrogen-bond donors (Lipinski definition) is 2. The van der Waals surface area contributed by atoms with E-state index < -0.39 is 12.6 Å². The number of hydrogen-bond acceptors (Lipinski definition) is 2. The maximum atomic E-state index is 12.5. The molecule has 0 spiro atoms. The molecule has 6 heteroatoms. The molecule has 2 fully saturated rings. The van der Waals surface area contributed by atoms with E-state index in [4.69, 9.17) is 5.73 Å². The fourth-order valence-corrected chi connectivity index (χ4v) is 4.24. The van der Waals surface area contributed by atoms with Crippen LogP contribution in [-0.4, -0.2) is 18.1 Å². The number of rotatable bonds is 3. The average molecular weight is 340 g/mol. The van der Waals surface area contributed by atoms with Gasteiger partial charge in [-0.1, -0.05) is 18.6 Å². The first kappa shape index (κ1) is 17.3. The predicted octanol–water partition coefficient (Wildman–Crippen LogP) is 3.88. The number of nitrogens with one attached hydrogen (secondary N) is 1. The highest BCUT2D eigenvalue weighted by atomic mass is 19.4. The third kappa shape index (κ3) is 4.09. The van der Waals surface area contributed by atoms with Crippen LogP contribution in [0, 0.1) is 17.8 Å². The molecule has 3 rings (SSSR count). The monoisotopic (exact) mass is 340 g/mol. The molecular formula is C18H23F3N2O. The fourth-order valence-electron chi connectivity index (χ4n) is 4.24. The summed E-state index contributed by atoms with van der Waals surface area (Å²) in [7, 11) is 0. The number of amides is 1. The first-order chi connectivity index (χ1) is 11.3. The third-order valence-corrected chi connectivity index (χ3v) is 5.38. The molecule has 2 saturated carbocycles. The van der Waals surface area contributed by atoms with E-state index in [2.05, 4.69) is 5.32 Å². The summed E-state index contributed by atoms with van der Waals surface area (Å²) in [6, 6.07) is 6.20. The fraction of sp³-hybridized carbons (Fsp3) is 0.611. The van der Waals surface area contributed by atoms with E-state index in [1.165, 1.54) is 18.6 Å². The number of nitrogens with two attached hydrogens (primary N) is 1. The maximum Gasteiger partial charge on any atom is 0.393 e. The molecule has 24 heavy (non-hydrogen) atoms. The van der Waals surface area contributed by atoms with Gasteiger partial charge in [-0.25, -0.2) is 0 Å². The van der Waals surface area contributed by atoms with Crippen molar-refractivity contribution in [3.63, 3.8) is 0 Å². The van der Waals surface area contributed by atoms with Crippen molar-refractivity contribution in [2.75, 3.05) is 5.32 Å². The summed E-state index contributed by atoms with van der Waals surface area (Å²) < 4.78 is 37.5. The first-order valence-corrected chi connectivity index (χ1v) is 8.54. The third-order valence-electron chi connectivity index (χ3n) is 5.38. The van der Waals surface area contributed by atoms with Gasteiger partial charge in [0.05, 0.1) is 6.42 Å². The number of carbonyl (C=O) groups excluding carboxylic acids is 1. The highest BCUT2D eigenvalue weighted by molar-refractivity contribution is 5.92. The molecule has 0 radical (unpaired) electrons. The standard InChI is InChI=1S/C18H23F3N2O/c19-18(20,21)10-11-3-1-6-15(7-11)23-17(24)14-8-12-4-2-5-13(9-14)16(12)22/h1,3,6-7,12-14,16H,2,4-5,8-10,22H2,(H,23,24). The normalized spacial score (nSPS) is 30.0. The van der Waals surface area contributed by atoms with Crippen LogP contribution >= 0.6 is 0 Å². The van der Waals surface area contributed by atoms with Gasteiger partial charge in [0.1, 0.15) is 0 Å². The van der Waals surface area contributed by atoms with Crippen LogP contribution in [0.25, 0.3) is 0 Å². The molecule has 2 atom stereocenters. The lowest BCUT2D eigenvalue weighted by Gasteiger charge is -2.43. The predicted molar refractivity (Wildman–Crippen MR) is 86.4 cm³/mol. The Bertz CT molecular complexity index is 588. The Morgan fingerprint density at radius 1 is 1.21 bits per heavy atom. The van der Waals surface area contributed by atoms with Gasteiger partial charge >= 0.3 is 6.18 Å². The summed E-state index contributed by atoms with van der Waals surface area (Å²) >= 11 is 0. The highest BCUT2D eigenvalue weighted by Gasteiger charge is 2.40. The lowest BCUT2D eigenvalue weighted by Crippen LogP contribution is -2.48. The molecule has 2 aliphatic carbocycles. The summed E-state index contributed by atoms with van der Waals surface area (Å²) in [4.78, 5) is 12.5. The first-order valence-electron chi connectivity index (χ1n) is 8.54. The Hall–Kier alpha value is -1.56. The Morgan fingerprint density at radius 2 is 1.88 bits per heavy atom. The smallest absolute Gasteiger partial charge is 0.327 e. The Kier molecular flexibility index (Phi) is 4.85. The molecule has 1 aromatic rings. The molecule has 132 valence electrons. The van der Waals surface area contributed by atoms with Gasteiger partial charge in [-0.3, -0.25) is 4.79 Å². The van der Waals surface area contributed by atoms with Gasteiger partial charge in [0.25, 0.3) is 0 Å². The van der Waals surface area contributed by atoms with Crippen LogP contribution in [0.5, 0.6) is 0 Å². The average Bonchev–Trinajstić information content (AvgIpc) is 2.45. The van der Waals surface area contributed by atoms with Crippen LogP contribution in [0.15, 0.2) is 24.3 Å². The van der Waals surface area contributed by atoms with Crippen LogP contribution in [-0.2, 0) is 11.2 Å². The number of anilines is 1. The van der Waals surface area contributed by atoms with Crippen molar-refractivity contribution in [2.45, 2.75) is 50.7 Å². The highest BCUT2D eigenvalue weighted by Crippen LogP contribution is 2.42. The summed E-state index contributed by atoms with van der Waals surface area (Å²) in [6.45, 7) is 0. The Labute approximate surface area is 139 Å². The van der Waals surface area contributed by atoms with E-state index in [-0.39, 0.29) is 23.4 Å². The SMILES string of the molecule is NC1C2CCCC1CC(C(=O)Nc1cccc(CC(F)(F)F)c1)C2. The van der Waals surface area contributed by atoms with Crippen molar-refractivity contribution in [1.29, 1.82) is 0 Å². The van der Waals surface area contributed by atoms with Gasteiger partial charge in [0.2, 0.25) is 5.91 Å². The summed E-state index contributed by atoms with van der Waals surface area (Å²) in [6.07, 6.45) is -0.349. The van der Waals surface area contributed by atoms with Crippen molar-refractivity contribution in [2.24, 2.45) is 23.5 Å². The molecule has 1 aromatic carbocycles. The number of fused-ring (bicyclic) bond motifs is 2. The van der Waals surface area contributed by atoms with Gasteiger partial charge in [0.15, 0.2) is 0 Å². The zero-order chi connectivity index (χ0) is 17.3. The Morgan fingerprint density at radius 3 is 2.50 bits per heavy atom. The summed E-state index contributed by atoms with van der Waals surface area (Å²) in [5.41, 5.74) is 6.83. The van der Waals surface area contributed by atoms with Crippen molar-refractivity contribution >= 4 is 11.6 Å². The van der Waals surface area contributed by atoms with Crippen molar-refractivity contribution in [3.05, 3.63) is 29.8 Å². The largest absolute Gasteiger partial charge is 0.393 e. The van der Waals surface area contributed by atoms with E-state index >= 15 is 0 Å². The molecule has 2 aliphatic rings.